The second kappa shape index (κ2) is 8.03. The first-order chi connectivity index (χ1) is 18.1. The standard InChI is InChI=1S/C34H40S3/c1-3-7-29(8-4-1)33(31-17-23-11-24(18-31)13-25(12-23)19-31)35-34(37-36-33,30-9-5-2-6-10-30)32-20-26-14-27(21-32)16-28(15-26)22-32/h1-10,23-28H,11-22H2/t23?,24?,25?,26?,27?,28?,31?,32?,33-,34+. The fourth-order valence-electron chi connectivity index (χ4n) is 11.9. The number of benzene rings is 2. The van der Waals surface area contributed by atoms with Crippen LogP contribution in [0.5, 0.6) is 0 Å². The summed E-state index contributed by atoms with van der Waals surface area (Å²) in [5.41, 5.74) is 4.21. The quantitative estimate of drug-likeness (QED) is 0.351. The summed E-state index contributed by atoms with van der Waals surface area (Å²) in [5, 5.41) is 0. The number of rotatable bonds is 4. The van der Waals surface area contributed by atoms with Gasteiger partial charge in [0.15, 0.2) is 0 Å². The lowest BCUT2D eigenvalue weighted by molar-refractivity contribution is -0.0651. The van der Waals surface area contributed by atoms with Gasteiger partial charge in [0.05, 0.1) is 0 Å². The van der Waals surface area contributed by atoms with Gasteiger partial charge < -0.3 is 0 Å². The van der Waals surface area contributed by atoms with Crippen LogP contribution in [0.3, 0.4) is 0 Å². The van der Waals surface area contributed by atoms with Gasteiger partial charge >= 0.3 is 0 Å². The molecule has 0 spiro atoms. The zero-order valence-electron chi connectivity index (χ0n) is 21.9. The van der Waals surface area contributed by atoms with Crippen molar-refractivity contribution >= 4 is 33.3 Å². The zero-order chi connectivity index (χ0) is 24.3. The molecular formula is C34H40S3. The van der Waals surface area contributed by atoms with Gasteiger partial charge in [0.2, 0.25) is 0 Å². The Labute approximate surface area is 235 Å². The lowest BCUT2D eigenvalue weighted by atomic mass is 9.48. The molecule has 0 unspecified atom stereocenters. The van der Waals surface area contributed by atoms with Crippen molar-refractivity contribution in [2.75, 3.05) is 0 Å². The first-order valence-electron chi connectivity index (χ1n) is 15.3. The minimum absolute atomic E-state index is 0.175. The van der Waals surface area contributed by atoms with E-state index in [-0.39, 0.29) is 8.16 Å². The van der Waals surface area contributed by atoms with Gasteiger partial charge in [-0.25, -0.2) is 0 Å². The van der Waals surface area contributed by atoms with Crippen LogP contribution in [0.15, 0.2) is 60.7 Å². The van der Waals surface area contributed by atoms with Crippen molar-refractivity contribution in [3.05, 3.63) is 71.8 Å². The third-order valence-corrected chi connectivity index (χ3v) is 19.5. The molecule has 2 atom stereocenters. The second-order valence-corrected chi connectivity index (χ2v) is 19.1. The molecule has 8 aliphatic carbocycles. The molecule has 194 valence electrons. The third kappa shape index (κ3) is 3.15. The van der Waals surface area contributed by atoms with Gasteiger partial charge in [0.1, 0.15) is 8.16 Å². The summed E-state index contributed by atoms with van der Waals surface area (Å²) in [6, 6.07) is 24.0. The highest BCUT2D eigenvalue weighted by Gasteiger charge is 2.72. The molecule has 8 bridgehead atoms. The average molecular weight is 545 g/mol. The largest absolute Gasteiger partial charge is 0.114 e. The van der Waals surface area contributed by atoms with E-state index in [2.05, 4.69) is 94.0 Å². The third-order valence-electron chi connectivity index (χ3n) is 12.3. The molecule has 0 radical (unpaired) electrons. The maximum atomic E-state index is 2.53. The molecule has 1 saturated heterocycles. The Bertz CT molecular complexity index is 1030. The molecule has 0 amide bonds. The Hall–Kier alpha value is -0.510. The van der Waals surface area contributed by atoms with Gasteiger partial charge in [-0.05, 0) is 124 Å². The van der Waals surface area contributed by atoms with Crippen LogP contribution < -0.4 is 0 Å². The minimum atomic E-state index is 0.175. The van der Waals surface area contributed by atoms with Gasteiger partial charge in [0.25, 0.3) is 0 Å². The molecule has 0 N–H and O–H groups in total. The zero-order valence-corrected chi connectivity index (χ0v) is 24.4. The normalized spacial score (nSPS) is 51.1. The Kier molecular flexibility index (Phi) is 5.04. The maximum absolute atomic E-state index is 2.53. The Morgan fingerprint density at radius 1 is 0.432 bits per heavy atom. The SMILES string of the molecule is c1ccc([C@]2(C34CC5CC(CC(C5)C3)C4)SS[C@@](c3ccccc3)(C34CC5CC(CC(C5)C3)C4)S2)cc1. The van der Waals surface area contributed by atoms with Crippen molar-refractivity contribution in [3.63, 3.8) is 0 Å². The topological polar surface area (TPSA) is 0 Å². The maximum Gasteiger partial charge on any atom is 0.104 e. The van der Waals surface area contributed by atoms with Crippen LogP contribution in [0.2, 0.25) is 0 Å². The van der Waals surface area contributed by atoms with Crippen molar-refractivity contribution in [3.8, 4) is 0 Å². The lowest BCUT2D eigenvalue weighted by Gasteiger charge is -2.64. The highest BCUT2D eigenvalue weighted by Crippen LogP contribution is 2.87. The van der Waals surface area contributed by atoms with E-state index in [0.717, 1.165) is 35.5 Å². The van der Waals surface area contributed by atoms with Gasteiger partial charge in [-0.1, -0.05) is 82.3 Å². The lowest BCUT2D eigenvalue weighted by Crippen LogP contribution is -2.56. The van der Waals surface area contributed by atoms with Crippen molar-refractivity contribution in [2.45, 2.75) is 85.2 Å². The van der Waals surface area contributed by atoms with E-state index in [9.17, 15) is 0 Å². The molecule has 11 rings (SSSR count). The van der Waals surface area contributed by atoms with E-state index in [0.29, 0.717) is 10.8 Å². The summed E-state index contributed by atoms with van der Waals surface area (Å²) >= 11 is 2.51. The van der Waals surface area contributed by atoms with Crippen LogP contribution in [0.1, 0.15) is 88.2 Å². The predicted molar refractivity (Wildman–Crippen MR) is 160 cm³/mol. The van der Waals surface area contributed by atoms with E-state index in [1.54, 1.807) is 11.1 Å². The Morgan fingerprint density at radius 2 is 0.730 bits per heavy atom. The smallest absolute Gasteiger partial charge is 0.104 e. The highest BCUT2D eigenvalue weighted by molar-refractivity contribution is 8.83. The van der Waals surface area contributed by atoms with Gasteiger partial charge in [-0.2, -0.15) is 0 Å². The number of thioether (sulfide) groups is 1. The predicted octanol–water partition coefficient (Wildman–Crippen LogP) is 10.3. The number of hydrogen-bond donors (Lipinski definition) is 0. The Morgan fingerprint density at radius 3 is 1.03 bits per heavy atom. The summed E-state index contributed by atoms with van der Waals surface area (Å²) in [5.74, 6) is 5.94. The summed E-state index contributed by atoms with van der Waals surface area (Å²) in [4.78, 5) is 0. The van der Waals surface area contributed by atoms with Crippen LogP contribution in [0, 0.1) is 46.3 Å². The summed E-state index contributed by atoms with van der Waals surface area (Å²) in [6.45, 7) is 0. The van der Waals surface area contributed by atoms with E-state index < -0.39 is 0 Å². The molecule has 0 aromatic heterocycles. The first-order valence-corrected chi connectivity index (χ1v) is 18.2. The first kappa shape index (κ1) is 23.2. The van der Waals surface area contributed by atoms with Crippen molar-refractivity contribution in [1.29, 1.82) is 0 Å². The number of hydrogen-bond acceptors (Lipinski definition) is 3. The van der Waals surface area contributed by atoms with Gasteiger partial charge in [0, 0.05) is 10.8 Å². The summed E-state index contributed by atoms with van der Waals surface area (Å²) < 4.78 is 0.349. The van der Waals surface area contributed by atoms with Crippen LogP contribution >= 0.6 is 33.3 Å². The molecular weight excluding hydrogens is 505 g/mol. The van der Waals surface area contributed by atoms with E-state index in [4.69, 9.17) is 0 Å². The van der Waals surface area contributed by atoms with E-state index in [1.807, 2.05) is 0 Å². The van der Waals surface area contributed by atoms with Gasteiger partial charge in [-0.15, -0.1) is 11.8 Å². The van der Waals surface area contributed by atoms with E-state index >= 15 is 0 Å². The van der Waals surface area contributed by atoms with Crippen molar-refractivity contribution in [2.24, 2.45) is 46.3 Å². The van der Waals surface area contributed by atoms with Crippen molar-refractivity contribution < 1.29 is 0 Å². The molecule has 1 aliphatic heterocycles. The molecule has 2 aromatic rings. The molecule has 2 aromatic carbocycles. The Balaban J connectivity index is 1.24. The molecule has 1 heterocycles. The van der Waals surface area contributed by atoms with E-state index in [1.165, 1.54) is 77.0 Å². The van der Waals surface area contributed by atoms with Crippen LogP contribution in [-0.4, -0.2) is 0 Å². The molecule has 9 fully saturated rings. The van der Waals surface area contributed by atoms with Crippen LogP contribution in [0.4, 0.5) is 0 Å². The highest BCUT2D eigenvalue weighted by atomic mass is 33.1. The molecule has 0 nitrogen and oxygen atoms in total. The van der Waals surface area contributed by atoms with Gasteiger partial charge in [-0.3, -0.25) is 0 Å². The molecule has 8 saturated carbocycles. The minimum Gasteiger partial charge on any atom is -0.114 e. The fraction of sp³-hybridized carbons (Fsp3) is 0.647. The second-order valence-electron chi connectivity index (χ2n) is 14.6. The van der Waals surface area contributed by atoms with Crippen LogP contribution in [-0.2, 0) is 8.16 Å². The summed E-state index contributed by atoms with van der Waals surface area (Å²) in [6.07, 6.45) is 18.1. The molecule has 3 heteroatoms. The monoisotopic (exact) mass is 544 g/mol. The summed E-state index contributed by atoms with van der Waals surface area (Å²) in [7, 11) is 4.72. The average Bonchev–Trinajstić information content (AvgIpc) is 3.33. The fourth-order valence-corrected chi connectivity index (χ4v) is 20.1. The molecule has 9 aliphatic rings. The molecule has 37 heavy (non-hydrogen) atoms. The van der Waals surface area contributed by atoms with Crippen LogP contribution in [0.25, 0.3) is 0 Å². The van der Waals surface area contributed by atoms with Crippen molar-refractivity contribution in [1.82, 2.24) is 0 Å².